The molecule has 0 aliphatic carbocycles. The monoisotopic (exact) mass is 674 g/mol. The number of hydrogen-bond donors (Lipinski definition) is 1. The minimum Gasteiger partial charge on any atom is -0.455 e. The van der Waals surface area contributed by atoms with Gasteiger partial charge in [-0.3, -0.25) is 9.36 Å². The van der Waals surface area contributed by atoms with Crippen molar-refractivity contribution in [1.82, 2.24) is 9.55 Å². The van der Waals surface area contributed by atoms with Crippen LogP contribution in [0, 0.1) is 0 Å². The first kappa shape index (κ1) is 34.7. The zero-order valence-electron chi connectivity index (χ0n) is 28.3. The van der Waals surface area contributed by atoms with Gasteiger partial charge >= 0.3 is 5.97 Å². The van der Waals surface area contributed by atoms with Gasteiger partial charge in [0.2, 0.25) is 0 Å². The summed E-state index contributed by atoms with van der Waals surface area (Å²) in [5.74, 6) is -0.144. The molecular formula is C36H46N4O5SSi. The van der Waals surface area contributed by atoms with E-state index in [2.05, 4.69) is 35.6 Å². The Kier molecular flexibility index (Phi) is 10.8. The Morgan fingerprint density at radius 3 is 2.60 bits per heavy atom. The maximum absolute atomic E-state index is 13.9. The second-order valence-corrected chi connectivity index (χ2v) is 20.8. The predicted octanol–water partition coefficient (Wildman–Crippen LogP) is 6.59. The summed E-state index contributed by atoms with van der Waals surface area (Å²) in [5, 5.41) is 9.40. The lowest BCUT2D eigenvalue weighted by Crippen LogP contribution is -2.33. The third-order valence-corrected chi connectivity index (χ3v) is 10.8. The number of benzene rings is 2. The van der Waals surface area contributed by atoms with Crippen molar-refractivity contribution in [2.75, 3.05) is 24.7 Å². The van der Waals surface area contributed by atoms with Gasteiger partial charge < -0.3 is 19.5 Å². The number of esters is 1. The molecule has 47 heavy (non-hydrogen) atoms. The molecule has 2 aromatic heterocycles. The summed E-state index contributed by atoms with van der Waals surface area (Å²) >= 11 is 1.48. The van der Waals surface area contributed by atoms with E-state index in [1.54, 1.807) is 0 Å². The van der Waals surface area contributed by atoms with Crippen molar-refractivity contribution in [1.29, 1.82) is 0 Å². The van der Waals surface area contributed by atoms with Crippen LogP contribution in [0.25, 0.3) is 10.2 Å². The number of amides is 1. The van der Waals surface area contributed by atoms with Gasteiger partial charge in [-0.05, 0) is 87.0 Å². The van der Waals surface area contributed by atoms with Crippen LogP contribution in [0.3, 0.4) is 0 Å². The van der Waals surface area contributed by atoms with Crippen LogP contribution in [0.15, 0.2) is 59.6 Å². The number of aromatic nitrogens is 2. The summed E-state index contributed by atoms with van der Waals surface area (Å²) in [4.78, 5) is 39.2. The van der Waals surface area contributed by atoms with Gasteiger partial charge in [-0.2, -0.15) is 4.99 Å². The van der Waals surface area contributed by atoms with E-state index in [1.165, 1.54) is 11.3 Å². The Morgan fingerprint density at radius 1 is 1.06 bits per heavy atom. The van der Waals surface area contributed by atoms with Crippen LogP contribution in [0.1, 0.15) is 64.7 Å². The molecule has 0 fully saturated rings. The number of aryl methyl sites for hydroxylation is 1. The lowest BCUT2D eigenvalue weighted by Gasteiger charge is -2.31. The van der Waals surface area contributed by atoms with Gasteiger partial charge in [0.05, 0.1) is 10.2 Å². The zero-order chi connectivity index (χ0) is 33.8. The molecule has 1 aliphatic rings. The normalized spacial score (nSPS) is 14.0. The molecule has 0 saturated carbocycles. The van der Waals surface area contributed by atoms with Gasteiger partial charge in [-0.15, -0.1) is 0 Å². The summed E-state index contributed by atoms with van der Waals surface area (Å²) in [6, 6.07) is 18.7. The highest BCUT2D eigenvalue weighted by molar-refractivity contribution is 7.16. The second-order valence-electron chi connectivity index (χ2n) is 14.2. The number of anilines is 1. The molecule has 1 aliphatic heterocycles. The van der Waals surface area contributed by atoms with E-state index < -0.39 is 19.6 Å². The topological polar surface area (TPSA) is 106 Å². The SMILES string of the molecule is CC(C)(C)OC(=O)c1nc(N2CCc3cccc(C(=O)/N=c4/sc5ccccc5n4COCC[Si](C)(C)C)c3C2)ccc1CCCO. The van der Waals surface area contributed by atoms with E-state index in [0.29, 0.717) is 55.5 Å². The summed E-state index contributed by atoms with van der Waals surface area (Å²) in [5.41, 5.74) is 3.90. The van der Waals surface area contributed by atoms with Crippen LogP contribution in [-0.2, 0) is 35.6 Å². The molecule has 1 amide bonds. The Hall–Kier alpha value is -3.64. The quantitative estimate of drug-likeness (QED) is 0.109. The average Bonchev–Trinajstić information content (AvgIpc) is 3.36. The number of para-hydroxylation sites is 1. The molecule has 0 unspecified atom stereocenters. The molecule has 4 aromatic rings. The predicted molar refractivity (Wildman–Crippen MR) is 190 cm³/mol. The number of aliphatic hydroxyl groups is 1. The third kappa shape index (κ3) is 8.84. The average molecular weight is 675 g/mol. The number of thiazole rings is 1. The van der Waals surface area contributed by atoms with Crippen molar-refractivity contribution in [3.05, 3.63) is 87.3 Å². The van der Waals surface area contributed by atoms with E-state index in [9.17, 15) is 14.7 Å². The molecule has 3 heterocycles. The zero-order valence-corrected chi connectivity index (χ0v) is 30.2. The van der Waals surface area contributed by atoms with Crippen molar-refractivity contribution in [2.45, 2.75) is 84.6 Å². The lowest BCUT2D eigenvalue weighted by atomic mass is 9.94. The van der Waals surface area contributed by atoms with Crippen molar-refractivity contribution in [3.63, 3.8) is 0 Å². The largest absolute Gasteiger partial charge is 0.455 e. The molecule has 5 rings (SSSR count). The maximum Gasteiger partial charge on any atom is 0.357 e. The number of hydrogen-bond acceptors (Lipinski definition) is 8. The van der Waals surface area contributed by atoms with Gasteiger partial charge in [-0.1, -0.05) is 61.3 Å². The molecule has 0 atom stereocenters. The first-order valence-electron chi connectivity index (χ1n) is 16.3. The number of rotatable bonds is 11. The van der Waals surface area contributed by atoms with Gasteiger partial charge in [0.15, 0.2) is 10.5 Å². The highest BCUT2D eigenvalue weighted by Gasteiger charge is 2.26. The molecule has 0 spiro atoms. The van der Waals surface area contributed by atoms with Crippen molar-refractivity contribution in [2.24, 2.45) is 4.99 Å². The molecule has 0 saturated heterocycles. The van der Waals surface area contributed by atoms with Gasteiger partial charge in [0.25, 0.3) is 5.91 Å². The van der Waals surface area contributed by atoms with Gasteiger partial charge in [-0.25, -0.2) is 9.78 Å². The number of carbonyl (C=O) groups excluding carboxylic acids is 2. The van der Waals surface area contributed by atoms with Crippen LogP contribution < -0.4 is 9.70 Å². The van der Waals surface area contributed by atoms with Crippen molar-refractivity contribution >= 4 is 47.3 Å². The first-order chi connectivity index (χ1) is 22.3. The molecule has 250 valence electrons. The van der Waals surface area contributed by atoms with Crippen LogP contribution >= 0.6 is 11.3 Å². The minimum absolute atomic E-state index is 0.0212. The molecule has 9 nitrogen and oxygen atoms in total. The van der Waals surface area contributed by atoms with Crippen LogP contribution in [0.4, 0.5) is 5.82 Å². The number of fused-ring (bicyclic) bond motifs is 2. The second kappa shape index (κ2) is 14.6. The number of pyridine rings is 1. The van der Waals surface area contributed by atoms with Crippen LogP contribution in [0.2, 0.25) is 25.7 Å². The minimum atomic E-state index is -1.24. The maximum atomic E-state index is 13.9. The van der Waals surface area contributed by atoms with E-state index in [1.807, 2.05) is 73.9 Å². The summed E-state index contributed by atoms with van der Waals surface area (Å²) < 4.78 is 14.8. The highest BCUT2D eigenvalue weighted by Crippen LogP contribution is 2.28. The highest BCUT2D eigenvalue weighted by atomic mass is 32.1. The fourth-order valence-electron chi connectivity index (χ4n) is 5.52. The molecular weight excluding hydrogens is 629 g/mol. The number of ether oxygens (including phenoxy) is 2. The molecule has 0 bridgehead atoms. The summed E-state index contributed by atoms with van der Waals surface area (Å²) in [6.07, 6.45) is 1.76. The van der Waals surface area contributed by atoms with Crippen LogP contribution in [0.5, 0.6) is 0 Å². The Balaban J connectivity index is 1.44. The fourth-order valence-corrected chi connectivity index (χ4v) is 7.29. The van der Waals surface area contributed by atoms with Gasteiger partial charge in [0, 0.05) is 39.9 Å². The van der Waals surface area contributed by atoms with E-state index >= 15 is 0 Å². The van der Waals surface area contributed by atoms with E-state index in [4.69, 9.17) is 14.5 Å². The third-order valence-electron chi connectivity index (χ3n) is 7.99. The number of nitrogens with zero attached hydrogens (tertiary/aromatic N) is 4. The summed E-state index contributed by atoms with van der Waals surface area (Å²) in [7, 11) is -1.24. The fraction of sp³-hybridized carbons (Fsp3) is 0.444. The Morgan fingerprint density at radius 2 is 1.85 bits per heavy atom. The number of aliphatic hydroxyl groups excluding tert-OH is 1. The number of carbonyl (C=O) groups is 2. The van der Waals surface area contributed by atoms with Crippen molar-refractivity contribution < 1.29 is 24.2 Å². The Bertz CT molecular complexity index is 1820. The van der Waals surface area contributed by atoms with Gasteiger partial charge in [0.1, 0.15) is 18.1 Å². The molecule has 1 N–H and O–H groups in total. The standard InChI is InChI=1S/C36H46N4O5SSi/c1-36(2,3)45-34(43)32-26(12-10-20-41)16-17-31(37-32)39-19-18-25-11-9-13-27(28(25)23-39)33(42)38-35-40(24-44-21-22-47(4,5)6)29-14-7-8-15-30(29)46-35/h7-9,11,13-17,41H,10,12,18-24H2,1-6H3/b38-35+. The molecule has 11 heteroatoms. The smallest absolute Gasteiger partial charge is 0.357 e. The Labute approximate surface area is 281 Å². The summed E-state index contributed by atoms with van der Waals surface area (Å²) in [6.45, 7) is 14.6. The first-order valence-corrected chi connectivity index (χ1v) is 20.8. The van der Waals surface area contributed by atoms with Crippen LogP contribution in [-0.4, -0.2) is 60.0 Å². The molecule has 0 radical (unpaired) electrons. The van der Waals surface area contributed by atoms with Crippen molar-refractivity contribution in [3.8, 4) is 0 Å². The lowest BCUT2D eigenvalue weighted by molar-refractivity contribution is 0.00613. The molecule has 2 aromatic carbocycles. The van der Waals surface area contributed by atoms with E-state index in [-0.39, 0.29) is 18.2 Å². The van der Waals surface area contributed by atoms with E-state index in [0.717, 1.165) is 39.4 Å².